The van der Waals surface area contributed by atoms with Gasteiger partial charge in [0.2, 0.25) is 0 Å². The van der Waals surface area contributed by atoms with Gasteiger partial charge in [-0.05, 0) is 0 Å². The van der Waals surface area contributed by atoms with Crippen molar-refractivity contribution < 1.29 is 18.3 Å². The van der Waals surface area contributed by atoms with E-state index in [-0.39, 0.29) is 57.8 Å². The van der Waals surface area contributed by atoms with Crippen molar-refractivity contribution in [3.63, 3.8) is 0 Å². The molecule has 0 aromatic heterocycles. The van der Waals surface area contributed by atoms with Gasteiger partial charge in [0.05, 0.1) is 0 Å². The van der Waals surface area contributed by atoms with Gasteiger partial charge in [-0.2, -0.15) is 0 Å². The average molecular weight is 964 g/mol. The number of hydrogen-bond acceptors (Lipinski definition) is 0. The van der Waals surface area contributed by atoms with E-state index in [1.54, 1.807) is 20.0 Å². The third kappa shape index (κ3) is 5.79. The van der Waals surface area contributed by atoms with Crippen LogP contribution in [0.5, 0.6) is 0 Å². The molecule has 0 spiro atoms. The van der Waals surface area contributed by atoms with Crippen molar-refractivity contribution in [1.82, 2.24) is 0 Å². The van der Waals surface area contributed by atoms with Crippen LogP contribution in [0, 0.1) is 38.9 Å². The summed E-state index contributed by atoms with van der Waals surface area (Å²) in [6.45, 7) is 30.9. The van der Waals surface area contributed by atoms with Crippen LogP contribution in [0.2, 0.25) is 13.2 Å². The predicted octanol–water partition coefficient (Wildman–Crippen LogP) is 16.1. The summed E-state index contributed by atoms with van der Waals surface area (Å²) in [4.78, 5) is 0. The van der Waals surface area contributed by atoms with E-state index in [1.807, 2.05) is 0 Å². The van der Waals surface area contributed by atoms with Gasteiger partial charge in [0.25, 0.3) is 0 Å². The minimum atomic E-state index is -5.64. The molecule has 5 heteroatoms. The van der Waals surface area contributed by atoms with E-state index in [4.69, 9.17) is 27.4 Å². The fourth-order valence-corrected chi connectivity index (χ4v) is 36.7. The molecule has 60 heavy (non-hydrogen) atoms. The van der Waals surface area contributed by atoms with Crippen molar-refractivity contribution in [2.24, 2.45) is 38.9 Å². The average Bonchev–Trinajstić information content (AvgIpc) is 3.79. The van der Waals surface area contributed by atoms with Gasteiger partial charge < -0.3 is 0 Å². The molecule has 4 atom stereocenters. The second-order valence-corrected chi connectivity index (χ2v) is 36.7. The molecule has 4 unspecified atom stereocenters. The van der Waals surface area contributed by atoms with Crippen molar-refractivity contribution in [2.75, 3.05) is 0 Å². The molecule has 3 aromatic carbocycles. The van der Waals surface area contributed by atoms with E-state index in [1.165, 1.54) is 28.8 Å². The second kappa shape index (κ2) is 15.5. The third-order valence-electron chi connectivity index (χ3n) is 18.7. The molecule has 0 radical (unpaired) electrons. The summed E-state index contributed by atoms with van der Waals surface area (Å²) >= 11 is 9.04. The van der Waals surface area contributed by atoms with E-state index < -0.39 is 21.4 Å². The fourth-order valence-electron chi connectivity index (χ4n) is 14.3. The number of halogens is 4. The zero-order valence-corrected chi connectivity index (χ0v) is 44.0. The number of allylic oxidation sites excluding steroid dienone is 10. The molecule has 0 bridgehead atoms. The van der Waals surface area contributed by atoms with Gasteiger partial charge in [-0.15, -0.1) is 24.8 Å². The van der Waals surface area contributed by atoms with Crippen LogP contribution in [0.25, 0.3) is 5.57 Å². The molecule has 5 aliphatic carbocycles. The molecule has 8 rings (SSSR count). The molecular formula is C55H70Cl4Zr. The molecule has 0 nitrogen and oxygen atoms in total. The van der Waals surface area contributed by atoms with Gasteiger partial charge >= 0.3 is 365 Å². The predicted molar refractivity (Wildman–Crippen MR) is 266 cm³/mol. The van der Waals surface area contributed by atoms with Crippen LogP contribution in [0.1, 0.15) is 126 Å². The molecule has 0 N–H and O–H groups in total. The Hall–Kier alpha value is -1.73. The Morgan fingerprint density at radius 1 is 0.783 bits per heavy atom. The van der Waals surface area contributed by atoms with Crippen LogP contribution in [-0.4, -0.2) is 4.21 Å². The normalized spacial score (nSPS) is 27.4. The molecule has 5 aliphatic rings. The number of rotatable bonds is 7. The first-order chi connectivity index (χ1) is 27.1. The quantitative estimate of drug-likeness (QED) is 0.221. The van der Waals surface area contributed by atoms with E-state index in [0.717, 1.165) is 48.6 Å². The third-order valence-corrected chi connectivity index (χ3v) is 39.0. The van der Waals surface area contributed by atoms with Gasteiger partial charge in [0.1, 0.15) is 0 Å². The maximum absolute atomic E-state index is 7.34. The molecule has 3 aromatic rings. The van der Waals surface area contributed by atoms with Gasteiger partial charge in [-0.1, -0.05) is 0 Å². The number of hydrogen-bond donors (Lipinski definition) is 0. The fraction of sp³-hybridized carbons (Fsp3) is 0.473. The Balaban J connectivity index is 0.00000302. The zero-order valence-electron chi connectivity index (χ0n) is 38.4. The number of benzene rings is 3. The summed E-state index contributed by atoms with van der Waals surface area (Å²) in [5.74, 6) is 0.621. The summed E-state index contributed by atoms with van der Waals surface area (Å²) < 4.78 is 10.1. The Labute approximate surface area is 386 Å². The van der Waals surface area contributed by atoms with Gasteiger partial charge in [0.15, 0.2) is 0 Å². The van der Waals surface area contributed by atoms with E-state index in [2.05, 4.69) is 180 Å². The van der Waals surface area contributed by atoms with Crippen LogP contribution in [0.15, 0.2) is 123 Å². The van der Waals surface area contributed by atoms with Crippen molar-refractivity contribution in [3.05, 3.63) is 144 Å². The summed E-state index contributed by atoms with van der Waals surface area (Å²) in [6.07, 6.45) is 17.0. The Kier molecular flexibility index (Phi) is 12.3. The first-order valence-corrected chi connectivity index (χ1v) is 29.7. The van der Waals surface area contributed by atoms with Crippen molar-refractivity contribution >= 4 is 64.3 Å². The summed E-state index contributed by atoms with van der Waals surface area (Å²) in [5, 5.41) is 1.57. The molecule has 322 valence electrons. The second-order valence-electron chi connectivity index (χ2n) is 22.0. The van der Waals surface area contributed by atoms with Crippen molar-refractivity contribution in [2.45, 2.75) is 125 Å². The van der Waals surface area contributed by atoms with E-state index >= 15 is 0 Å². The molecule has 0 heterocycles. The molecular weight excluding hydrogens is 894 g/mol. The van der Waals surface area contributed by atoms with Crippen LogP contribution < -0.4 is 6.54 Å². The van der Waals surface area contributed by atoms with Crippen LogP contribution >= 0.6 is 48.0 Å². The number of fused-ring (bicyclic) bond motifs is 6. The topological polar surface area (TPSA) is 0 Å². The van der Waals surface area contributed by atoms with Crippen molar-refractivity contribution in [1.29, 1.82) is 0 Å². The summed E-state index contributed by atoms with van der Waals surface area (Å²) in [7, 11) is 0. The van der Waals surface area contributed by atoms with Gasteiger partial charge in [-0.3, -0.25) is 0 Å². The van der Waals surface area contributed by atoms with Gasteiger partial charge in [-0.25, -0.2) is 0 Å². The van der Waals surface area contributed by atoms with Gasteiger partial charge in [0, 0.05) is 0 Å². The Morgan fingerprint density at radius 2 is 1.38 bits per heavy atom. The molecule has 0 amide bonds. The summed E-state index contributed by atoms with van der Waals surface area (Å²) in [6, 6.07) is 27.6. The maximum atomic E-state index is 7.34. The van der Waals surface area contributed by atoms with E-state index in [0.29, 0.717) is 5.92 Å². The summed E-state index contributed by atoms with van der Waals surface area (Å²) in [5.41, 5.74) is 9.93. The van der Waals surface area contributed by atoms with Crippen LogP contribution in [0.3, 0.4) is 0 Å². The van der Waals surface area contributed by atoms with Crippen molar-refractivity contribution in [3.8, 4) is 0 Å². The minimum absolute atomic E-state index is 0. The van der Waals surface area contributed by atoms with Crippen LogP contribution in [0.4, 0.5) is 0 Å². The Bertz CT molecular complexity index is 2410. The molecule has 0 saturated heterocycles. The van der Waals surface area contributed by atoms with Crippen LogP contribution in [-0.2, 0) is 24.7 Å². The standard InChI is InChI=1S/C29H37.C13H21.2C6H4Cl.CH2.2ClH.Zr/c1-18-25-22-17-19-13-9-10-14-20(19)24(22)21-15-11-12-16-23(21)29(25,8)28(6,7)27(4,5)26(18,2)3;1-5-6-7-11-8-9-12(10-11)13(2,3)4;2*7-6-4-2-1-3-5-6;;;;/h9-11,13-15,23H,12,16-17H2,1-8H3;9-11H,5-7H2,1-4H3;2*1-2,4-5H;1H2;2*1H;. The monoisotopic (exact) mass is 960 g/mol. The molecule has 1 fully saturated rings. The molecule has 0 aliphatic heterocycles. The number of unbranched alkanes of at least 4 members (excludes halogenated alkanes) is 1. The zero-order chi connectivity index (χ0) is 42.1. The Morgan fingerprint density at radius 3 is 1.95 bits per heavy atom. The van der Waals surface area contributed by atoms with E-state index in [9.17, 15) is 0 Å². The SMILES string of the molecule is Cl.Cl.[CH2]=[Zr]([C]1=CC(C(C)(C)C)=CC1CCCC)([c]1cccc(Cl)c1)([c]1cccc(Cl)c1)[C]1(C)C2=C3Cc4ccccc4C3=C3C=CCCC3C2(C)C(C)(C)C(C)(C)C1(C)C. The molecule has 1 saturated carbocycles. The first kappa shape index (κ1) is 47.7. The first-order valence-electron chi connectivity index (χ1n) is 22.3.